The zero-order valence-electron chi connectivity index (χ0n) is 18.2. The van der Waals surface area contributed by atoms with Crippen LogP contribution in [0.15, 0.2) is 0 Å². The first-order valence-electron chi connectivity index (χ1n) is 9.23. The van der Waals surface area contributed by atoms with Gasteiger partial charge in [0.2, 0.25) is 5.67 Å². The normalized spacial score (nSPS) is 30.9. The standard InChI is InChI=1S/C16H8F24/c1-5(21)9(28,14(35,36)16(39,40)15(37,38)12(5,31)32)11(30,13(33,34)6(2,22)23)10(29,7(24,25)3(17)18)8(26,27)4(19)20/h3-4H,1-2H3. The van der Waals surface area contributed by atoms with Crippen molar-refractivity contribution < 1.29 is 105 Å². The number of halogens is 24. The van der Waals surface area contributed by atoms with E-state index in [4.69, 9.17) is 0 Å². The van der Waals surface area contributed by atoms with Gasteiger partial charge in [-0.15, -0.1) is 0 Å². The highest BCUT2D eigenvalue weighted by Crippen LogP contribution is 2.77. The lowest BCUT2D eigenvalue weighted by Gasteiger charge is -2.62. The Morgan fingerprint density at radius 3 is 1.00 bits per heavy atom. The van der Waals surface area contributed by atoms with Gasteiger partial charge in [0.25, 0.3) is 17.0 Å². The molecule has 0 nitrogen and oxygen atoms in total. The second kappa shape index (κ2) is 8.45. The van der Waals surface area contributed by atoms with E-state index in [0.717, 1.165) is 0 Å². The lowest BCUT2D eigenvalue weighted by molar-refractivity contribution is -0.509. The van der Waals surface area contributed by atoms with Gasteiger partial charge in [0, 0.05) is 6.92 Å². The van der Waals surface area contributed by atoms with Gasteiger partial charge in [-0.3, -0.25) is 0 Å². The van der Waals surface area contributed by atoms with Crippen LogP contribution < -0.4 is 0 Å². The molecule has 1 fully saturated rings. The molecule has 1 rings (SSSR count). The van der Waals surface area contributed by atoms with Crippen molar-refractivity contribution in [2.24, 2.45) is 0 Å². The Balaban J connectivity index is 4.97. The molecule has 3 atom stereocenters. The summed E-state index contributed by atoms with van der Waals surface area (Å²) in [6.45, 7) is -4.14. The third kappa shape index (κ3) is 3.24. The summed E-state index contributed by atoms with van der Waals surface area (Å²) in [5, 5.41) is 0. The molecule has 3 unspecified atom stereocenters. The summed E-state index contributed by atoms with van der Waals surface area (Å²) in [5.74, 6) is -68.5. The maximum Gasteiger partial charge on any atom is 0.381 e. The lowest BCUT2D eigenvalue weighted by Crippen LogP contribution is -2.95. The predicted molar refractivity (Wildman–Crippen MR) is 78.3 cm³/mol. The largest absolute Gasteiger partial charge is 0.381 e. The molecule has 0 N–H and O–H groups in total. The van der Waals surface area contributed by atoms with Crippen LogP contribution in [0.3, 0.4) is 0 Å². The average molecular weight is 656 g/mol. The first kappa shape index (κ1) is 36.3. The summed E-state index contributed by atoms with van der Waals surface area (Å²) in [6, 6.07) is 0. The summed E-state index contributed by atoms with van der Waals surface area (Å²) in [5.41, 5.74) is -36.9. The monoisotopic (exact) mass is 656 g/mol. The third-order valence-electron chi connectivity index (χ3n) is 6.25. The molecular weight excluding hydrogens is 648 g/mol. The molecule has 1 aliphatic rings. The summed E-state index contributed by atoms with van der Waals surface area (Å²) >= 11 is 0. The van der Waals surface area contributed by atoms with E-state index in [2.05, 4.69) is 0 Å². The highest BCUT2D eigenvalue weighted by atomic mass is 19.4. The van der Waals surface area contributed by atoms with Gasteiger partial charge in [-0.25, -0.2) is 43.9 Å². The predicted octanol–water partition coefficient (Wildman–Crippen LogP) is 8.49. The van der Waals surface area contributed by atoms with E-state index >= 15 is 13.2 Å². The second-order valence-corrected chi connectivity index (χ2v) is 8.59. The number of rotatable bonds is 8. The summed E-state index contributed by atoms with van der Waals surface area (Å²) in [6.07, 6.45) is -13.7. The smallest absolute Gasteiger partial charge is 0.233 e. The van der Waals surface area contributed by atoms with Gasteiger partial charge < -0.3 is 0 Å². The van der Waals surface area contributed by atoms with Crippen molar-refractivity contribution in [2.75, 3.05) is 0 Å². The van der Waals surface area contributed by atoms with Gasteiger partial charge in [0.1, 0.15) is 0 Å². The molecule has 0 aliphatic heterocycles. The molecule has 0 heterocycles. The van der Waals surface area contributed by atoms with Crippen molar-refractivity contribution >= 4 is 0 Å². The van der Waals surface area contributed by atoms with Gasteiger partial charge in [0.15, 0.2) is 0 Å². The maximum atomic E-state index is 15.8. The molecule has 24 heteroatoms. The van der Waals surface area contributed by atoms with Crippen molar-refractivity contribution in [1.29, 1.82) is 0 Å². The Bertz CT molecular complexity index is 920. The fourth-order valence-corrected chi connectivity index (χ4v) is 3.91. The minimum atomic E-state index is -9.87. The SMILES string of the molecule is CC(F)(F)C(F)(F)C(F)(C(F)(C(F)(F)C(F)F)C(F)(F)C(F)F)C1(F)C(C)(F)C(F)(F)C(F)(F)C(F)(F)C1(F)F. The summed E-state index contributed by atoms with van der Waals surface area (Å²) in [4.78, 5) is 0. The molecule has 0 aromatic carbocycles. The maximum absolute atomic E-state index is 15.8. The van der Waals surface area contributed by atoms with E-state index in [1.54, 1.807) is 0 Å². The quantitative estimate of drug-likeness (QED) is 0.230. The van der Waals surface area contributed by atoms with Gasteiger partial charge in [-0.05, 0) is 6.92 Å². The Labute approximate surface area is 203 Å². The summed E-state index contributed by atoms with van der Waals surface area (Å²) in [7, 11) is 0. The fourth-order valence-electron chi connectivity index (χ4n) is 3.91. The minimum absolute atomic E-state index is 1.88. The van der Waals surface area contributed by atoms with Gasteiger partial charge in [-0.2, -0.15) is 61.5 Å². The van der Waals surface area contributed by atoms with Crippen LogP contribution in [0.4, 0.5) is 105 Å². The van der Waals surface area contributed by atoms with Gasteiger partial charge in [-0.1, -0.05) is 0 Å². The zero-order valence-corrected chi connectivity index (χ0v) is 18.2. The molecule has 0 spiro atoms. The first-order valence-corrected chi connectivity index (χ1v) is 9.23. The van der Waals surface area contributed by atoms with Crippen molar-refractivity contribution in [3.8, 4) is 0 Å². The number of hydrogen-bond donors (Lipinski definition) is 0. The van der Waals surface area contributed by atoms with Crippen molar-refractivity contribution in [1.82, 2.24) is 0 Å². The van der Waals surface area contributed by atoms with Gasteiger partial charge in [0.05, 0.1) is 0 Å². The average Bonchev–Trinajstić information content (AvgIpc) is 2.74. The van der Waals surface area contributed by atoms with Crippen LogP contribution in [-0.2, 0) is 0 Å². The van der Waals surface area contributed by atoms with Crippen LogP contribution >= 0.6 is 0 Å². The minimum Gasteiger partial charge on any atom is -0.233 e. The molecule has 0 amide bonds. The first-order chi connectivity index (χ1) is 16.9. The van der Waals surface area contributed by atoms with E-state index in [-0.39, 0.29) is 0 Å². The molecule has 0 aromatic heterocycles. The fraction of sp³-hybridized carbons (Fsp3) is 1.00. The molecule has 0 bridgehead atoms. The Morgan fingerprint density at radius 2 is 0.750 bits per heavy atom. The van der Waals surface area contributed by atoms with E-state index in [1.165, 1.54) is 0 Å². The second-order valence-electron chi connectivity index (χ2n) is 8.59. The number of alkyl halides is 24. The van der Waals surface area contributed by atoms with Gasteiger partial charge >= 0.3 is 60.2 Å². The van der Waals surface area contributed by atoms with E-state index < -0.39 is 96.8 Å². The molecule has 1 saturated carbocycles. The van der Waals surface area contributed by atoms with Crippen LogP contribution in [0.1, 0.15) is 13.8 Å². The molecule has 240 valence electrons. The Hall–Kier alpha value is -1.68. The molecule has 0 saturated heterocycles. The van der Waals surface area contributed by atoms with Crippen LogP contribution in [0.2, 0.25) is 0 Å². The van der Waals surface area contributed by atoms with Crippen molar-refractivity contribution in [3.63, 3.8) is 0 Å². The molecular formula is C16H8F24. The lowest BCUT2D eigenvalue weighted by atomic mass is 9.52. The Kier molecular flexibility index (Phi) is 7.68. The molecule has 0 aromatic rings. The van der Waals surface area contributed by atoms with Crippen molar-refractivity contribution in [3.05, 3.63) is 0 Å². The summed E-state index contributed by atoms with van der Waals surface area (Å²) < 4.78 is 337. The van der Waals surface area contributed by atoms with Crippen LogP contribution in [0.5, 0.6) is 0 Å². The number of hydrogen-bond acceptors (Lipinski definition) is 0. The molecule has 1 aliphatic carbocycles. The Morgan fingerprint density at radius 1 is 0.475 bits per heavy atom. The van der Waals surface area contributed by atoms with Crippen LogP contribution in [-0.4, -0.2) is 82.9 Å². The zero-order chi connectivity index (χ0) is 33.2. The highest BCUT2D eigenvalue weighted by molar-refractivity contribution is 5.41. The van der Waals surface area contributed by atoms with E-state index in [1.807, 2.05) is 0 Å². The molecule has 40 heavy (non-hydrogen) atoms. The van der Waals surface area contributed by atoms with Crippen LogP contribution in [0, 0.1) is 0 Å². The topological polar surface area (TPSA) is 0 Å². The van der Waals surface area contributed by atoms with E-state index in [0.29, 0.717) is 0 Å². The van der Waals surface area contributed by atoms with E-state index in [9.17, 15) is 92.2 Å². The van der Waals surface area contributed by atoms with Crippen LogP contribution in [0.25, 0.3) is 0 Å². The third-order valence-corrected chi connectivity index (χ3v) is 6.25. The molecule has 0 radical (unpaired) electrons. The highest BCUT2D eigenvalue weighted by Gasteiger charge is 3.09. The van der Waals surface area contributed by atoms with Crippen molar-refractivity contribution in [2.45, 2.75) is 96.8 Å².